The Labute approximate surface area is 191 Å². The van der Waals surface area contributed by atoms with Crippen molar-refractivity contribution in [3.63, 3.8) is 0 Å². The molecule has 0 N–H and O–H groups in total. The molecule has 174 valence electrons. The third kappa shape index (κ3) is 5.44. The molecule has 2 heterocycles. The molecule has 1 saturated heterocycles. The maximum atomic E-state index is 13.4. The minimum absolute atomic E-state index is 0.0775. The van der Waals surface area contributed by atoms with Crippen LogP contribution in [0.2, 0.25) is 0 Å². The van der Waals surface area contributed by atoms with E-state index in [1.807, 2.05) is 36.1 Å². The van der Waals surface area contributed by atoms with Gasteiger partial charge in [0.1, 0.15) is 0 Å². The molecule has 0 aliphatic carbocycles. The van der Waals surface area contributed by atoms with Crippen molar-refractivity contribution >= 4 is 28.1 Å². The smallest absolute Gasteiger partial charge is 0.413 e. The first-order valence-corrected chi connectivity index (χ1v) is 12.0. The topological polar surface area (TPSA) is 62.5 Å². The number of aromatic nitrogens is 2. The van der Waals surface area contributed by atoms with E-state index in [0.717, 1.165) is 28.3 Å². The zero-order chi connectivity index (χ0) is 23.6. The summed E-state index contributed by atoms with van der Waals surface area (Å²) < 4.78 is 42.9. The predicted molar refractivity (Wildman–Crippen MR) is 124 cm³/mol. The zero-order valence-corrected chi connectivity index (χ0v) is 18.8. The number of anilines is 1. The number of rotatable bonds is 4. The molecule has 1 aromatic heterocycles. The highest BCUT2D eigenvalue weighted by Gasteiger charge is 2.38. The summed E-state index contributed by atoms with van der Waals surface area (Å²) in [5.74, 6) is 4.31. The summed E-state index contributed by atoms with van der Waals surface area (Å²) in [6.07, 6.45) is -4.69. The van der Waals surface area contributed by atoms with Crippen LogP contribution in [0.15, 0.2) is 52.9 Å². The summed E-state index contributed by atoms with van der Waals surface area (Å²) in [5.41, 5.74) is 3.05. The molecule has 0 bridgehead atoms. The summed E-state index contributed by atoms with van der Waals surface area (Å²) in [5, 5.41) is 6.54. The Morgan fingerprint density at radius 3 is 2.30 bits per heavy atom. The Kier molecular flexibility index (Phi) is 6.55. The second-order valence-electron chi connectivity index (χ2n) is 7.82. The van der Waals surface area contributed by atoms with Gasteiger partial charge in [-0.2, -0.15) is 23.7 Å². The molecule has 1 aliphatic heterocycles. The van der Waals surface area contributed by atoms with Crippen molar-refractivity contribution in [2.75, 3.05) is 29.5 Å². The highest BCUT2D eigenvalue weighted by Crippen LogP contribution is 2.30. The van der Waals surface area contributed by atoms with Crippen LogP contribution in [0.5, 0.6) is 0 Å². The third-order valence-corrected chi connectivity index (χ3v) is 6.88. The maximum absolute atomic E-state index is 13.4. The summed E-state index contributed by atoms with van der Waals surface area (Å²) in [6, 6.07) is 14.4. The van der Waals surface area contributed by atoms with Gasteiger partial charge in [0.25, 0.3) is 0 Å². The summed E-state index contributed by atoms with van der Waals surface area (Å²) in [6.45, 7) is 3.64. The molecule has 33 heavy (non-hydrogen) atoms. The number of amides is 2. The average molecular weight is 477 g/mol. The molecular formula is C23H23F3N4O2S. The van der Waals surface area contributed by atoms with Crippen LogP contribution < -0.4 is 4.90 Å². The highest BCUT2D eigenvalue weighted by molar-refractivity contribution is 8.14. The predicted octanol–water partition coefficient (Wildman–Crippen LogP) is 5.21. The highest BCUT2D eigenvalue weighted by atomic mass is 32.2. The molecular weight excluding hydrogens is 453 g/mol. The van der Waals surface area contributed by atoms with E-state index in [4.69, 9.17) is 4.42 Å². The second kappa shape index (κ2) is 9.38. The number of carbonyl (C=O) groups excluding carboxylic acids is 1. The van der Waals surface area contributed by atoms with Crippen molar-refractivity contribution in [3.05, 3.63) is 65.5 Å². The van der Waals surface area contributed by atoms with E-state index in [2.05, 4.69) is 16.1 Å². The monoisotopic (exact) mass is 476 g/mol. The standard InChI is InChI=1S/C23H23F3N4O2S/c1-16-3-9-19(10-4-16)30(22(31)29-11-13-33(2)14-12-29)15-17-5-7-18(8-6-17)20-27-28-21(32-20)23(24,25)26/h3-10H,2,11-15H2,1H3. The number of aryl methyl sites for hydroxylation is 1. The Balaban J connectivity index is 1.55. The van der Waals surface area contributed by atoms with E-state index in [9.17, 15) is 18.0 Å². The second-order valence-corrected chi connectivity index (χ2v) is 9.86. The Bertz CT molecular complexity index is 1130. The van der Waals surface area contributed by atoms with Crippen molar-refractivity contribution < 1.29 is 22.4 Å². The number of carbonyl (C=O) groups is 1. The minimum Gasteiger partial charge on any atom is -0.413 e. The molecule has 0 unspecified atom stereocenters. The van der Waals surface area contributed by atoms with E-state index in [-0.39, 0.29) is 22.4 Å². The quantitative estimate of drug-likeness (QED) is 0.485. The van der Waals surface area contributed by atoms with Gasteiger partial charge in [0.2, 0.25) is 5.89 Å². The first-order chi connectivity index (χ1) is 15.7. The molecule has 2 aromatic carbocycles. The molecule has 1 fully saturated rings. The van der Waals surface area contributed by atoms with Gasteiger partial charge >= 0.3 is 18.1 Å². The van der Waals surface area contributed by atoms with Gasteiger partial charge in [-0.05, 0) is 36.8 Å². The first kappa shape index (κ1) is 23.0. The normalized spacial score (nSPS) is 15.0. The number of hydrogen-bond acceptors (Lipinski definition) is 4. The summed E-state index contributed by atoms with van der Waals surface area (Å²) in [7, 11) is 0.0962. The lowest BCUT2D eigenvalue weighted by molar-refractivity contribution is -0.156. The van der Waals surface area contributed by atoms with E-state index >= 15 is 0 Å². The molecule has 10 heteroatoms. The molecule has 0 atom stereocenters. The van der Waals surface area contributed by atoms with Crippen LogP contribution >= 0.6 is 10.5 Å². The number of halogens is 3. The van der Waals surface area contributed by atoms with Crippen molar-refractivity contribution in [1.82, 2.24) is 15.1 Å². The van der Waals surface area contributed by atoms with E-state index < -0.39 is 12.1 Å². The lowest BCUT2D eigenvalue weighted by atomic mass is 10.1. The van der Waals surface area contributed by atoms with Gasteiger partial charge in [-0.3, -0.25) is 4.90 Å². The van der Waals surface area contributed by atoms with Gasteiger partial charge in [-0.25, -0.2) is 4.79 Å². The van der Waals surface area contributed by atoms with Gasteiger partial charge < -0.3 is 9.32 Å². The summed E-state index contributed by atoms with van der Waals surface area (Å²) in [4.78, 5) is 16.9. The van der Waals surface area contributed by atoms with Crippen molar-refractivity contribution in [1.29, 1.82) is 0 Å². The van der Waals surface area contributed by atoms with Crippen LogP contribution in [-0.4, -0.2) is 51.6 Å². The molecule has 1 aliphatic rings. The van der Waals surface area contributed by atoms with Crippen LogP contribution in [0, 0.1) is 6.92 Å². The van der Waals surface area contributed by atoms with Gasteiger partial charge in [-0.15, -0.1) is 10.2 Å². The minimum atomic E-state index is -4.69. The molecule has 2 amide bonds. The Morgan fingerprint density at radius 1 is 1.09 bits per heavy atom. The van der Waals surface area contributed by atoms with Crippen molar-refractivity contribution in [2.45, 2.75) is 19.6 Å². The van der Waals surface area contributed by atoms with Crippen LogP contribution in [0.3, 0.4) is 0 Å². The molecule has 0 spiro atoms. The molecule has 6 nitrogen and oxygen atoms in total. The van der Waals surface area contributed by atoms with Crippen LogP contribution in [0.4, 0.5) is 23.7 Å². The third-order valence-electron chi connectivity index (χ3n) is 5.36. The van der Waals surface area contributed by atoms with Crippen LogP contribution in [0.25, 0.3) is 11.5 Å². The van der Waals surface area contributed by atoms with Crippen molar-refractivity contribution in [2.24, 2.45) is 0 Å². The number of benzene rings is 2. The number of urea groups is 1. The average Bonchev–Trinajstić information content (AvgIpc) is 3.30. The van der Waals surface area contributed by atoms with E-state index in [0.29, 0.717) is 25.2 Å². The van der Waals surface area contributed by atoms with Gasteiger partial charge in [-0.1, -0.05) is 35.7 Å². The van der Waals surface area contributed by atoms with E-state index in [1.165, 1.54) is 0 Å². The van der Waals surface area contributed by atoms with Gasteiger partial charge in [0.15, 0.2) is 0 Å². The fourth-order valence-electron chi connectivity index (χ4n) is 3.44. The van der Waals surface area contributed by atoms with Crippen LogP contribution in [0.1, 0.15) is 17.0 Å². The summed E-state index contributed by atoms with van der Waals surface area (Å²) >= 11 is 0. The fraction of sp³-hybridized carbons (Fsp3) is 0.304. The largest absolute Gasteiger partial charge is 0.470 e. The lowest BCUT2D eigenvalue weighted by Crippen LogP contribution is -2.47. The number of nitrogens with zero attached hydrogens (tertiary/aromatic N) is 4. The molecule has 0 radical (unpaired) electrons. The zero-order valence-electron chi connectivity index (χ0n) is 18.0. The fourth-order valence-corrected chi connectivity index (χ4v) is 4.60. The molecule has 3 aromatic rings. The number of hydrogen-bond donors (Lipinski definition) is 0. The van der Waals surface area contributed by atoms with Crippen LogP contribution in [-0.2, 0) is 12.7 Å². The molecule has 4 rings (SSSR count). The van der Waals surface area contributed by atoms with Gasteiger partial charge in [0.05, 0.1) is 6.54 Å². The first-order valence-electron chi connectivity index (χ1n) is 10.3. The number of alkyl halides is 3. The van der Waals surface area contributed by atoms with Gasteiger partial charge in [0, 0.05) is 35.8 Å². The maximum Gasteiger partial charge on any atom is 0.470 e. The SMILES string of the molecule is C=S1CCN(C(=O)N(Cc2ccc(-c3nnc(C(F)(F)F)o3)cc2)c2ccc(C)cc2)CC1. The lowest BCUT2D eigenvalue weighted by Gasteiger charge is -2.34. The Hall–Kier alpha value is -3.14. The Morgan fingerprint density at radius 2 is 1.73 bits per heavy atom. The van der Waals surface area contributed by atoms with Crippen molar-refractivity contribution in [3.8, 4) is 11.5 Å². The molecule has 0 saturated carbocycles. The van der Waals surface area contributed by atoms with E-state index in [1.54, 1.807) is 29.2 Å².